The van der Waals surface area contributed by atoms with E-state index in [4.69, 9.17) is 4.74 Å². The molecule has 0 aromatic heterocycles. The van der Waals surface area contributed by atoms with Gasteiger partial charge in [-0.3, -0.25) is 0 Å². The highest BCUT2D eigenvalue weighted by molar-refractivity contribution is 5.46. The largest absolute Gasteiger partial charge is 0.493 e. The summed E-state index contributed by atoms with van der Waals surface area (Å²) >= 11 is 0. The van der Waals surface area contributed by atoms with Crippen molar-refractivity contribution in [2.45, 2.75) is 19.9 Å². The van der Waals surface area contributed by atoms with Crippen molar-refractivity contribution in [1.29, 1.82) is 0 Å². The van der Waals surface area contributed by atoms with E-state index in [0.29, 0.717) is 6.61 Å². The van der Waals surface area contributed by atoms with Gasteiger partial charge in [0.25, 0.3) is 0 Å². The number of hydrogen-bond donors (Lipinski definition) is 1. The lowest BCUT2D eigenvalue weighted by atomic mass is 10.1. The van der Waals surface area contributed by atoms with Crippen molar-refractivity contribution in [2.75, 3.05) is 11.9 Å². The minimum absolute atomic E-state index is 0.686. The molecule has 122 valence electrons. The number of anilines is 1. The predicted octanol–water partition coefficient (Wildman–Crippen LogP) is 5.23. The van der Waals surface area contributed by atoms with Crippen LogP contribution in [0.5, 0.6) is 5.75 Å². The summed E-state index contributed by atoms with van der Waals surface area (Å²) in [4.78, 5) is 0. The Kier molecular flexibility index (Phi) is 5.52. The number of rotatable bonds is 7. The fourth-order valence-electron chi connectivity index (χ4n) is 2.58. The second kappa shape index (κ2) is 8.21. The fraction of sp³-hybridized carbons (Fsp3) is 0.182. The van der Waals surface area contributed by atoms with Crippen molar-refractivity contribution in [3.8, 4) is 5.75 Å². The maximum absolute atomic E-state index is 6.01. The summed E-state index contributed by atoms with van der Waals surface area (Å²) in [6.45, 7) is 3.54. The normalized spacial score (nSPS) is 10.4. The zero-order valence-corrected chi connectivity index (χ0v) is 14.0. The zero-order chi connectivity index (χ0) is 16.6. The Morgan fingerprint density at radius 3 is 2.29 bits per heavy atom. The van der Waals surface area contributed by atoms with Gasteiger partial charge in [-0.2, -0.15) is 0 Å². The summed E-state index contributed by atoms with van der Waals surface area (Å²) in [5, 5.41) is 3.46. The first kappa shape index (κ1) is 16.1. The van der Waals surface area contributed by atoms with Crippen LogP contribution in [0.2, 0.25) is 0 Å². The molecule has 24 heavy (non-hydrogen) atoms. The molecule has 0 aliphatic rings. The third kappa shape index (κ3) is 4.63. The van der Waals surface area contributed by atoms with Gasteiger partial charge in [0.15, 0.2) is 0 Å². The molecule has 3 aromatic rings. The van der Waals surface area contributed by atoms with Crippen molar-refractivity contribution >= 4 is 5.69 Å². The van der Waals surface area contributed by atoms with Crippen LogP contribution in [0, 0.1) is 6.92 Å². The smallest absolute Gasteiger partial charge is 0.124 e. The molecule has 0 saturated carbocycles. The van der Waals surface area contributed by atoms with Gasteiger partial charge < -0.3 is 10.1 Å². The minimum atomic E-state index is 0.686. The first-order valence-corrected chi connectivity index (χ1v) is 8.36. The highest BCUT2D eigenvalue weighted by Crippen LogP contribution is 2.20. The van der Waals surface area contributed by atoms with Gasteiger partial charge in [0.1, 0.15) is 5.75 Å². The predicted molar refractivity (Wildman–Crippen MR) is 101 cm³/mol. The Labute approximate surface area is 144 Å². The van der Waals surface area contributed by atoms with E-state index in [-0.39, 0.29) is 0 Å². The summed E-state index contributed by atoms with van der Waals surface area (Å²) in [5.74, 6) is 0.952. The molecule has 0 saturated heterocycles. The van der Waals surface area contributed by atoms with Gasteiger partial charge in [0, 0.05) is 24.2 Å². The van der Waals surface area contributed by atoms with Gasteiger partial charge >= 0.3 is 0 Å². The molecule has 0 aliphatic carbocycles. The van der Waals surface area contributed by atoms with Gasteiger partial charge in [0.05, 0.1) is 6.61 Å². The lowest BCUT2D eigenvalue weighted by Crippen LogP contribution is -2.06. The van der Waals surface area contributed by atoms with Crippen molar-refractivity contribution in [2.24, 2.45) is 0 Å². The molecule has 0 unspecified atom stereocenters. The molecule has 2 heteroatoms. The molecule has 3 aromatic carbocycles. The average Bonchev–Trinajstić information content (AvgIpc) is 2.63. The van der Waals surface area contributed by atoms with E-state index in [1.165, 1.54) is 16.7 Å². The van der Waals surface area contributed by atoms with Crippen LogP contribution >= 0.6 is 0 Å². The molecule has 0 radical (unpaired) electrons. The Morgan fingerprint density at radius 1 is 0.792 bits per heavy atom. The van der Waals surface area contributed by atoms with E-state index in [9.17, 15) is 0 Å². The topological polar surface area (TPSA) is 21.3 Å². The molecule has 2 nitrogen and oxygen atoms in total. The Bertz CT molecular complexity index is 750. The number of aryl methyl sites for hydroxylation is 1. The summed E-state index contributed by atoms with van der Waals surface area (Å²) in [6, 6.07) is 27.1. The van der Waals surface area contributed by atoms with Crippen molar-refractivity contribution in [1.82, 2.24) is 0 Å². The molecule has 3 rings (SSSR count). The minimum Gasteiger partial charge on any atom is -0.493 e. The third-order valence-corrected chi connectivity index (χ3v) is 4.00. The van der Waals surface area contributed by atoms with Crippen LogP contribution in [-0.2, 0) is 13.0 Å². The number of ether oxygens (including phenoxy) is 1. The SMILES string of the molecule is Cc1ccc(NCc2ccccc2OCCc2ccccc2)cc1. The van der Waals surface area contributed by atoms with Gasteiger partial charge in [-0.1, -0.05) is 66.2 Å². The molecule has 0 fully saturated rings. The molecule has 0 atom stereocenters. The highest BCUT2D eigenvalue weighted by atomic mass is 16.5. The van der Waals surface area contributed by atoms with Gasteiger partial charge in [0.2, 0.25) is 0 Å². The van der Waals surface area contributed by atoms with E-state index in [0.717, 1.165) is 24.4 Å². The third-order valence-electron chi connectivity index (χ3n) is 4.00. The summed E-state index contributed by atoms with van der Waals surface area (Å²) in [7, 11) is 0. The van der Waals surface area contributed by atoms with Crippen LogP contribution in [0.1, 0.15) is 16.7 Å². The van der Waals surface area contributed by atoms with Crippen molar-refractivity contribution < 1.29 is 4.74 Å². The first-order chi connectivity index (χ1) is 11.8. The molecular formula is C22H23NO. The standard InChI is InChI=1S/C22H23NO/c1-18-11-13-21(14-12-18)23-17-20-9-5-6-10-22(20)24-16-15-19-7-3-2-4-8-19/h2-14,23H,15-17H2,1H3. The van der Waals surface area contributed by atoms with Gasteiger partial charge in [-0.15, -0.1) is 0 Å². The molecule has 1 N–H and O–H groups in total. The Morgan fingerprint density at radius 2 is 1.50 bits per heavy atom. The van der Waals surface area contributed by atoms with Crippen LogP contribution in [0.25, 0.3) is 0 Å². The van der Waals surface area contributed by atoms with E-state index >= 15 is 0 Å². The number of nitrogens with one attached hydrogen (secondary N) is 1. The lowest BCUT2D eigenvalue weighted by Gasteiger charge is -2.13. The molecule has 0 amide bonds. The second-order valence-electron chi connectivity index (χ2n) is 5.91. The van der Waals surface area contributed by atoms with Crippen LogP contribution < -0.4 is 10.1 Å². The zero-order valence-electron chi connectivity index (χ0n) is 14.0. The second-order valence-corrected chi connectivity index (χ2v) is 5.91. The van der Waals surface area contributed by atoms with Crippen molar-refractivity contribution in [3.05, 3.63) is 95.6 Å². The van der Waals surface area contributed by atoms with Crippen LogP contribution in [-0.4, -0.2) is 6.61 Å². The summed E-state index contributed by atoms with van der Waals surface area (Å²) < 4.78 is 6.01. The van der Waals surface area contributed by atoms with Gasteiger partial charge in [-0.05, 0) is 30.7 Å². The maximum atomic E-state index is 6.01. The first-order valence-electron chi connectivity index (χ1n) is 8.36. The Hall–Kier alpha value is -2.74. The number of benzene rings is 3. The molecule has 0 aliphatic heterocycles. The van der Waals surface area contributed by atoms with Crippen LogP contribution in [0.15, 0.2) is 78.9 Å². The van der Waals surface area contributed by atoms with E-state index in [1.54, 1.807) is 0 Å². The van der Waals surface area contributed by atoms with E-state index in [2.05, 4.69) is 72.9 Å². The van der Waals surface area contributed by atoms with Crippen molar-refractivity contribution in [3.63, 3.8) is 0 Å². The molecule has 0 spiro atoms. The highest BCUT2D eigenvalue weighted by Gasteiger charge is 2.03. The number of para-hydroxylation sites is 1. The number of hydrogen-bond acceptors (Lipinski definition) is 2. The summed E-state index contributed by atoms with van der Waals surface area (Å²) in [6.07, 6.45) is 0.917. The molecule has 0 heterocycles. The lowest BCUT2D eigenvalue weighted by molar-refractivity contribution is 0.319. The molecular weight excluding hydrogens is 294 g/mol. The van der Waals surface area contributed by atoms with E-state index < -0.39 is 0 Å². The van der Waals surface area contributed by atoms with Crippen LogP contribution in [0.4, 0.5) is 5.69 Å². The van der Waals surface area contributed by atoms with E-state index in [1.807, 2.05) is 18.2 Å². The van der Waals surface area contributed by atoms with Gasteiger partial charge in [-0.25, -0.2) is 0 Å². The summed E-state index contributed by atoms with van der Waals surface area (Å²) in [5.41, 5.74) is 4.86. The fourth-order valence-corrected chi connectivity index (χ4v) is 2.58. The average molecular weight is 317 g/mol. The molecule has 0 bridgehead atoms. The Balaban J connectivity index is 1.57. The van der Waals surface area contributed by atoms with Crippen LogP contribution in [0.3, 0.4) is 0 Å². The monoisotopic (exact) mass is 317 g/mol. The maximum Gasteiger partial charge on any atom is 0.124 e. The quantitative estimate of drug-likeness (QED) is 0.644.